The van der Waals surface area contributed by atoms with Crippen molar-refractivity contribution < 1.29 is 0 Å². The second-order valence-corrected chi connectivity index (χ2v) is 4.96. The summed E-state index contributed by atoms with van der Waals surface area (Å²) in [5.41, 5.74) is 4.00. The third-order valence-electron chi connectivity index (χ3n) is 3.35. The Morgan fingerprint density at radius 1 is 1.00 bits per heavy atom. The lowest BCUT2D eigenvalue weighted by molar-refractivity contribution is 0.598. The number of rotatable bonds is 2. The molecule has 0 saturated heterocycles. The van der Waals surface area contributed by atoms with Gasteiger partial charge in [0.05, 0.1) is 11.0 Å². The fourth-order valence-electron chi connectivity index (χ4n) is 2.52. The average molecular weight is 252 g/mol. The van der Waals surface area contributed by atoms with Crippen molar-refractivity contribution in [3.8, 4) is 11.1 Å². The molecule has 3 aromatic rings. The van der Waals surface area contributed by atoms with Crippen LogP contribution in [0.1, 0.15) is 19.9 Å². The second kappa shape index (κ2) is 4.43. The molecule has 19 heavy (non-hydrogen) atoms. The van der Waals surface area contributed by atoms with Crippen LogP contribution in [0.25, 0.3) is 22.2 Å². The van der Waals surface area contributed by atoms with Crippen LogP contribution in [0.15, 0.2) is 53.3 Å². The van der Waals surface area contributed by atoms with Crippen LogP contribution in [0, 0.1) is 0 Å². The molecule has 1 aromatic heterocycles. The van der Waals surface area contributed by atoms with Gasteiger partial charge in [-0.2, -0.15) is 0 Å². The van der Waals surface area contributed by atoms with Gasteiger partial charge in [-0.1, -0.05) is 42.5 Å². The summed E-state index contributed by atoms with van der Waals surface area (Å²) < 4.78 is 1.79. The van der Waals surface area contributed by atoms with Gasteiger partial charge in [0.25, 0.3) is 0 Å². The zero-order valence-corrected chi connectivity index (χ0v) is 11.1. The average Bonchev–Trinajstić information content (AvgIpc) is 2.75. The fraction of sp³-hybridized carbons (Fsp3) is 0.188. The van der Waals surface area contributed by atoms with Gasteiger partial charge in [0.2, 0.25) is 0 Å². The number of hydrogen-bond donors (Lipinski definition) is 1. The van der Waals surface area contributed by atoms with Gasteiger partial charge < -0.3 is 4.98 Å². The number of aromatic nitrogens is 2. The van der Waals surface area contributed by atoms with Crippen LogP contribution in [0.3, 0.4) is 0 Å². The summed E-state index contributed by atoms with van der Waals surface area (Å²) in [7, 11) is 0. The number of para-hydroxylation sites is 1. The quantitative estimate of drug-likeness (QED) is 0.743. The molecule has 0 spiro atoms. The molecule has 0 saturated carbocycles. The van der Waals surface area contributed by atoms with Crippen LogP contribution in [0.5, 0.6) is 0 Å². The van der Waals surface area contributed by atoms with E-state index in [0.717, 1.165) is 22.2 Å². The van der Waals surface area contributed by atoms with E-state index < -0.39 is 0 Å². The van der Waals surface area contributed by atoms with Crippen LogP contribution in [-0.2, 0) is 0 Å². The van der Waals surface area contributed by atoms with E-state index in [1.165, 1.54) is 0 Å². The van der Waals surface area contributed by atoms with Crippen molar-refractivity contribution in [3.05, 3.63) is 59.0 Å². The number of imidazole rings is 1. The van der Waals surface area contributed by atoms with Gasteiger partial charge in [-0.05, 0) is 25.5 Å². The predicted octanol–water partition coefficient (Wildman–Crippen LogP) is 3.58. The summed E-state index contributed by atoms with van der Waals surface area (Å²) >= 11 is 0. The molecule has 3 heteroatoms. The molecular formula is C16H16N2O. The second-order valence-electron chi connectivity index (χ2n) is 4.96. The van der Waals surface area contributed by atoms with Gasteiger partial charge in [0, 0.05) is 11.6 Å². The predicted molar refractivity (Wildman–Crippen MR) is 78.4 cm³/mol. The van der Waals surface area contributed by atoms with E-state index in [4.69, 9.17) is 0 Å². The third kappa shape index (κ3) is 1.87. The van der Waals surface area contributed by atoms with Gasteiger partial charge in [0.15, 0.2) is 0 Å². The SMILES string of the molecule is CC(C)n1c(=O)[nH]c2c(-c3ccccc3)cccc21. The molecular weight excluding hydrogens is 236 g/mol. The van der Waals surface area contributed by atoms with E-state index >= 15 is 0 Å². The Balaban J connectivity index is 2.35. The van der Waals surface area contributed by atoms with Crippen molar-refractivity contribution in [1.82, 2.24) is 9.55 Å². The lowest BCUT2D eigenvalue weighted by Crippen LogP contribution is -2.18. The molecule has 1 N–H and O–H groups in total. The number of benzene rings is 2. The molecule has 0 unspecified atom stereocenters. The van der Waals surface area contributed by atoms with Crippen molar-refractivity contribution in [3.63, 3.8) is 0 Å². The van der Waals surface area contributed by atoms with Crippen molar-refractivity contribution in [2.24, 2.45) is 0 Å². The highest BCUT2D eigenvalue weighted by atomic mass is 16.1. The zero-order chi connectivity index (χ0) is 13.4. The number of fused-ring (bicyclic) bond motifs is 1. The minimum atomic E-state index is -0.0478. The molecule has 3 nitrogen and oxygen atoms in total. The molecule has 0 aliphatic carbocycles. The number of aromatic amines is 1. The molecule has 0 aliphatic rings. The summed E-state index contributed by atoms with van der Waals surface area (Å²) in [5, 5.41) is 0. The van der Waals surface area contributed by atoms with E-state index in [1.807, 2.05) is 50.2 Å². The highest BCUT2D eigenvalue weighted by Crippen LogP contribution is 2.27. The van der Waals surface area contributed by atoms with Crippen molar-refractivity contribution in [2.45, 2.75) is 19.9 Å². The molecule has 0 aliphatic heterocycles. The molecule has 0 fully saturated rings. The molecule has 1 heterocycles. The Morgan fingerprint density at radius 3 is 2.42 bits per heavy atom. The van der Waals surface area contributed by atoms with Crippen LogP contribution >= 0.6 is 0 Å². The van der Waals surface area contributed by atoms with Crippen LogP contribution in [0.4, 0.5) is 0 Å². The smallest absolute Gasteiger partial charge is 0.305 e. The van der Waals surface area contributed by atoms with Gasteiger partial charge in [-0.15, -0.1) is 0 Å². The van der Waals surface area contributed by atoms with E-state index in [-0.39, 0.29) is 11.7 Å². The maximum absolute atomic E-state index is 12.1. The van der Waals surface area contributed by atoms with E-state index in [0.29, 0.717) is 0 Å². The first kappa shape index (κ1) is 11.8. The summed E-state index contributed by atoms with van der Waals surface area (Å²) in [4.78, 5) is 15.1. The maximum Gasteiger partial charge on any atom is 0.326 e. The lowest BCUT2D eigenvalue weighted by atomic mass is 10.0. The Morgan fingerprint density at radius 2 is 1.74 bits per heavy atom. The first-order chi connectivity index (χ1) is 9.18. The number of nitrogens with zero attached hydrogens (tertiary/aromatic N) is 1. The molecule has 3 rings (SSSR count). The van der Waals surface area contributed by atoms with E-state index in [2.05, 4.69) is 17.1 Å². The normalized spacial score (nSPS) is 11.3. The van der Waals surface area contributed by atoms with Gasteiger partial charge in [0.1, 0.15) is 0 Å². The van der Waals surface area contributed by atoms with Gasteiger partial charge >= 0.3 is 5.69 Å². The Hall–Kier alpha value is -2.29. The van der Waals surface area contributed by atoms with E-state index in [1.54, 1.807) is 4.57 Å². The van der Waals surface area contributed by atoms with Gasteiger partial charge in [-0.3, -0.25) is 4.57 Å². The minimum Gasteiger partial charge on any atom is -0.305 e. The highest BCUT2D eigenvalue weighted by molar-refractivity contribution is 5.92. The van der Waals surface area contributed by atoms with Crippen molar-refractivity contribution >= 4 is 11.0 Å². The Kier molecular flexibility index (Phi) is 2.75. The topological polar surface area (TPSA) is 37.8 Å². The summed E-state index contributed by atoms with van der Waals surface area (Å²) in [6, 6.07) is 16.3. The summed E-state index contributed by atoms with van der Waals surface area (Å²) in [6.07, 6.45) is 0. The summed E-state index contributed by atoms with van der Waals surface area (Å²) in [6.45, 7) is 4.04. The molecule has 0 radical (unpaired) electrons. The third-order valence-corrected chi connectivity index (χ3v) is 3.35. The van der Waals surface area contributed by atoms with Crippen molar-refractivity contribution in [1.29, 1.82) is 0 Å². The first-order valence-corrected chi connectivity index (χ1v) is 6.47. The first-order valence-electron chi connectivity index (χ1n) is 6.47. The Labute approximate surface area is 111 Å². The Bertz CT molecular complexity index is 766. The zero-order valence-electron chi connectivity index (χ0n) is 11.1. The lowest BCUT2D eigenvalue weighted by Gasteiger charge is -2.08. The number of hydrogen-bond acceptors (Lipinski definition) is 1. The monoisotopic (exact) mass is 252 g/mol. The minimum absolute atomic E-state index is 0.0478. The summed E-state index contributed by atoms with van der Waals surface area (Å²) in [5.74, 6) is 0. The van der Waals surface area contributed by atoms with Crippen molar-refractivity contribution in [2.75, 3.05) is 0 Å². The number of H-pyrrole nitrogens is 1. The number of nitrogens with one attached hydrogen (secondary N) is 1. The standard InChI is InChI=1S/C16H16N2O/c1-11(2)18-14-10-6-9-13(15(14)17-16(18)19)12-7-4-3-5-8-12/h3-11H,1-2H3,(H,17,19). The van der Waals surface area contributed by atoms with Crippen LogP contribution in [0.2, 0.25) is 0 Å². The molecule has 2 aromatic carbocycles. The van der Waals surface area contributed by atoms with Crippen LogP contribution < -0.4 is 5.69 Å². The van der Waals surface area contributed by atoms with Gasteiger partial charge in [-0.25, -0.2) is 4.79 Å². The fourth-order valence-corrected chi connectivity index (χ4v) is 2.52. The van der Waals surface area contributed by atoms with Crippen LogP contribution in [-0.4, -0.2) is 9.55 Å². The maximum atomic E-state index is 12.1. The molecule has 0 atom stereocenters. The highest BCUT2D eigenvalue weighted by Gasteiger charge is 2.12. The largest absolute Gasteiger partial charge is 0.326 e. The molecule has 0 bridgehead atoms. The van der Waals surface area contributed by atoms with E-state index in [9.17, 15) is 4.79 Å². The molecule has 96 valence electrons. The molecule has 0 amide bonds.